The van der Waals surface area contributed by atoms with Crippen LogP contribution >= 0.6 is 11.3 Å². The third-order valence-electron chi connectivity index (χ3n) is 5.53. The molecule has 0 fully saturated rings. The van der Waals surface area contributed by atoms with Crippen LogP contribution in [0.1, 0.15) is 44.5 Å². The van der Waals surface area contributed by atoms with Crippen LogP contribution in [-0.4, -0.2) is 22.0 Å². The number of aryl methyl sites for hydroxylation is 4. The Morgan fingerprint density at radius 3 is 2.48 bits per heavy atom. The van der Waals surface area contributed by atoms with E-state index in [0.717, 1.165) is 27.7 Å². The summed E-state index contributed by atoms with van der Waals surface area (Å²) in [5, 5.41) is 3.58. The minimum atomic E-state index is -0.298. The molecule has 1 N–H and O–H groups in total. The van der Waals surface area contributed by atoms with Crippen LogP contribution in [0, 0.1) is 27.7 Å². The lowest BCUT2D eigenvalue weighted by Gasteiger charge is -2.11. The summed E-state index contributed by atoms with van der Waals surface area (Å²) in [6.07, 6.45) is 0. The summed E-state index contributed by atoms with van der Waals surface area (Å²) in [6, 6.07) is 14.9. The Labute approximate surface area is 186 Å². The van der Waals surface area contributed by atoms with E-state index in [0.29, 0.717) is 18.0 Å². The number of ether oxygens (including phenoxy) is 1. The standard InChI is InChI=1S/C25H27N3O2S/c1-6-30-24(29)22-18(5)28-23(26-14-19-10-7-15(2)8-11-19)21(27-25(28)31-22)20-12-9-16(3)17(4)13-20/h7-13,26H,6,14H2,1-5H3. The van der Waals surface area contributed by atoms with E-state index in [1.807, 2.05) is 18.2 Å². The van der Waals surface area contributed by atoms with Crippen LogP contribution in [0.2, 0.25) is 0 Å². The lowest BCUT2D eigenvalue weighted by Crippen LogP contribution is -2.07. The molecule has 0 aliphatic carbocycles. The zero-order valence-electron chi connectivity index (χ0n) is 18.6. The molecule has 4 aromatic rings. The molecule has 4 rings (SSSR count). The maximum absolute atomic E-state index is 12.4. The minimum absolute atomic E-state index is 0.298. The average molecular weight is 434 g/mol. The van der Waals surface area contributed by atoms with Gasteiger partial charge in [-0.05, 0) is 57.4 Å². The Bertz CT molecular complexity index is 1250. The highest BCUT2D eigenvalue weighted by molar-refractivity contribution is 7.19. The Hall–Kier alpha value is -3.12. The van der Waals surface area contributed by atoms with Crippen LogP contribution in [0.4, 0.5) is 5.82 Å². The van der Waals surface area contributed by atoms with Crippen molar-refractivity contribution in [2.75, 3.05) is 11.9 Å². The highest BCUT2D eigenvalue weighted by atomic mass is 32.1. The summed E-state index contributed by atoms with van der Waals surface area (Å²) >= 11 is 1.37. The Morgan fingerprint density at radius 1 is 1.06 bits per heavy atom. The molecule has 0 saturated carbocycles. The molecule has 2 aromatic carbocycles. The van der Waals surface area contributed by atoms with Gasteiger partial charge in [0.05, 0.1) is 6.61 Å². The number of fused-ring (bicyclic) bond motifs is 1. The smallest absolute Gasteiger partial charge is 0.350 e. The summed E-state index contributed by atoms with van der Waals surface area (Å²) in [5.41, 5.74) is 7.68. The first-order valence-electron chi connectivity index (χ1n) is 10.4. The van der Waals surface area contributed by atoms with Gasteiger partial charge in [-0.2, -0.15) is 0 Å². The first kappa shape index (κ1) is 21.1. The van der Waals surface area contributed by atoms with Crippen LogP contribution in [0.5, 0.6) is 0 Å². The zero-order chi connectivity index (χ0) is 22.1. The number of benzene rings is 2. The summed E-state index contributed by atoms with van der Waals surface area (Å²) in [7, 11) is 0. The van der Waals surface area contributed by atoms with Crippen LogP contribution in [-0.2, 0) is 11.3 Å². The van der Waals surface area contributed by atoms with E-state index in [4.69, 9.17) is 9.72 Å². The Kier molecular flexibility index (Phi) is 5.83. The molecule has 0 aliphatic heterocycles. The van der Waals surface area contributed by atoms with Crippen molar-refractivity contribution in [3.8, 4) is 11.3 Å². The number of anilines is 1. The molecule has 6 heteroatoms. The summed E-state index contributed by atoms with van der Waals surface area (Å²) in [5.74, 6) is 0.593. The number of thiazole rings is 1. The van der Waals surface area contributed by atoms with Gasteiger partial charge in [-0.15, -0.1) is 0 Å². The van der Waals surface area contributed by atoms with Gasteiger partial charge in [0.25, 0.3) is 0 Å². The number of nitrogens with zero attached hydrogens (tertiary/aromatic N) is 2. The molecule has 2 heterocycles. The molecule has 0 bridgehead atoms. The number of hydrogen-bond donors (Lipinski definition) is 1. The van der Waals surface area contributed by atoms with Crippen LogP contribution in [0.25, 0.3) is 16.2 Å². The Balaban J connectivity index is 1.81. The monoisotopic (exact) mass is 433 g/mol. The van der Waals surface area contributed by atoms with Gasteiger partial charge in [0.1, 0.15) is 16.4 Å². The topological polar surface area (TPSA) is 55.6 Å². The zero-order valence-corrected chi connectivity index (χ0v) is 19.4. The normalized spacial score (nSPS) is 11.1. The van der Waals surface area contributed by atoms with Gasteiger partial charge >= 0.3 is 5.97 Å². The molecular weight excluding hydrogens is 406 g/mol. The minimum Gasteiger partial charge on any atom is -0.462 e. The third-order valence-corrected chi connectivity index (χ3v) is 6.65. The second-order valence-corrected chi connectivity index (χ2v) is 8.78. The average Bonchev–Trinajstić information content (AvgIpc) is 3.27. The lowest BCUT2D eigenvalue weighted by molar-refractivity contribution is 0.0531. The second kappa shape index (κ2) is 8.55. The van der Waals surface area contributed by atoms with Gasteiger partial charge in [0.15, 0.2) is 4.96 Å². The van der Waals surface area contributed by atoms with Crippen LogP contribution in [0.15, 0.2) is 42.5 Å². The first-order valence-corrected chi connectivity index (χ1v) is 11.3. The number of aromatic nitrogens is 2. The fourth-order valence-corrected chi connectivity index (χ4v) is 4.60. The van der Waals surface area contributed by atoms with Crippen molar-refractivity contribution < 1.29 is 9.53 Å². The predicted octanol–water partition coefficient (Wildman–Crippen LogP) is 6.09. The number of carbonyl (C=O) groups excluding carboxylic acids is 1. The molecule has 0 unspecified atom stereocenters. The third kappa shape index (κ3) is 4.08. The van der Waals surface area contributed by atoms with Crippen molar-refractivity contribution >= 4 is 28.1 Å². The van der Waals surface area contributed by atoms with Crippen molar-refractivity contribution in [3.63, 3.8) is 0 Å². The Morgan fingerprint density at radius 2 is 1.81 bits per heavy atom. The van der Waals surface area contributed by atoms with E-state index >= 15 is 0 Å². The quantitative estimate of drug-likeness (QED) is 0.374. The molecule has 0 amide bonds. The highest BCUT2D eigenvalue weighted by Gasteiger charge is 2.23. The first-order chi connectivity index (χ1) is 14.9. The molecule has 0 saturated heterocycles. The van der Waals surface area contributed by atoms with Crippen molar-refractivity contribution in [3.05, 3.63) is 75.3 Å². The molecule has 0 spiro atoms. The predicted molar refractivity (Wildman–Crippen MR) is 127 cm³/mol. The van der Waals surface area contributed by atoms with E-state index in [9.17, 15) is 4.79 Å². The highest BCUT2D eigenvalue weighted by Crippen LogP contribution is 2.35. The second-order valence-electron chi connectivity index (χ2n) is 7.80. The maximum Gasteiger partial charge on any atom is 0.350 e. The van der Waals surface area contributed by atoms with E-state index in [-0.39, 0.29) is 5.97 Å². The summed E-state index contributed by atoms with van der Waals surface area (Å²) in [4.78, 5) is 18.7. The number of rotatable bonds is 6. The molecule has 0 radical (unpaired) electrons. The number of nitrogens with one attached hydrogen (secondary N) is 1. The van der Waals surface area contributed by atoms with Gasteiger partial charge in [-0.1, -0.05) is 53.3 Å². The summed E-state index contributed by atoms with van der Waals surface area (Å²) in [6.45, 7) is 11.1. The number of hydrogen-bond acceptors (Lipinski definition) is 5. The van der Waals surface area contributed by atoms with Crippen LogP contribution in [0.3, 0.4) is 0 Å². The van der Waals surface area contributed by atoms with Gasteiger partial charge in [0.2, 0.25) is 0 Å². The molecule has 31 heavy (non-hydrogen) atoms. The lowest BCUT2D eigenvalue weighted by atomic mass is 10.0. The SMILES string of the molecule is CCOC(=O)c1sc2nc(-c3ccc(C)c(C)c3)c(NCc3ccc(C)cc3)n2c1C. The molecule has 2 aromatic heterocycles. The van der Waals surface area contributed by atoms with Crippen LogP contribution < -0.4 is 5.32 Å². The fraction of sp³-hybridized carbons (Fsp3) is 0.280. The van der Waals surface area contributed by atoms with Gasteiger partial charge in [-0.25, -0.2) is 9.78 Å². The van der Waals surface area contributed by atoms with E-state index in [2.05, 4.69) is 68.6 Å². The van der Waals surface area contributed by atoms with Crippen molar-refractivity contribution in [2.24, 2.45) is 0 Å². The van der Waals surface area contributed by atoms with Gasteiger partial charge < -0.3 is 10.1 Å². The van der Waals surface area contributed by atoms with E-state index in [1.54, 1.807) is 0 Å². The van der Waals surface area contributed by atoms with Crippen molar-refractivity contribution in [1.29, 1.82) is 0 Å². The fourth-order valence-electron chi connectivity index (χ4n) is 3.58. The van der Waals surface area contributed by atoms with Gasteiger partial charge in [-0.3, -0.25) is 4.40 Å². The molecule has 160 valence electrons. The number of esters is 1. The number of carbonyl (C=O) groups is 1. The molecule has 0 atom stereocenters. The summed E-state index contributed by atoms with van der Waals surface area (Å²) < 4.78 is 7.28. The van der Waals surface area contributed by atoms with Gasteiger partial charge in [0, 0.05) is 17.8 Å². The number of imidazole rings is 1. The molecule has 5 nitrogen and oxygen atoms in total. The van der Waals surface area contributed by atoms with Crippen molar-refractivity contribution in [2.45, 2.75) is 41.2 Å². The van der Waals surface area contributed by atoms with E-state index in [1.165, 1.54) is 33.6 Å². The molecular formula is C25H27N3O2S. The largest absolute Gasteiger partial charge is 0.462 e. The van der Waals surface area contributed by atoms with Crippen molar-refractivity contribution in [1.82, 2.24) is 9.38 Å². The maximum atomic E-state index is 12.4. The van der Waals surface area contributed by atoms with E-state index < -0.39 is 0 Å². The molecule has 0 aliphatic rings.